The second-order valence-corrected chi connectivity index (χ2v) is 8.95. The molecule has 1 saturated heterocycles. The van der Waals surface area contributed by atoms with Gasteiger partial charge in [-0.1, -0.05) is 31.4 Å². The third kappa shape index (κ3) is 5.35. The highest BCUT2D eigenvalue weighted by Crippen LogP contribution is 2.33. The third-order valence-electron chi connectivity index (χ3n) is 6.63. The minimum absolute atomic E-state index is 0.0234. The summed E-state index contributed by atoms with van der Waals surface area (Å²) >= 11 is 0. The number of ether oxygens (including phenoxy) is 1. The number of carbonyl (C=O) groups excluding carboxylic acids is 1. The molecule has 2 aromatic heterocycles. The molecule has 0 unspecified atom stereocenters. The van der Waals surface area contributed by atoms with Crippen LogP contribution in [0.2, 0.25) is 0 Å². The normalized spacial score (nSPS) is 16.6. The van der Waals surface area contributed by atoms with Crippen LogP contribution in [-0.2, 0) is 4.74 Å². The van der Waals surface area contributed by atoms with Gasteiger partial charge in [0.1, 0.15) is 12.1 Å². The molecule has 1 aliphatic heterocycles. The first-order valence-electron chi connectivity index (χ1n) is 12.2. The van der Waals surface area contributed by atoms with Crippen molar-refractivity contribution >= 4 is 29.0 Å². The van der Waals surface area contributed by atoms with E-state index >= 15 is 0 Å². The van der Waals surface area contributed by atoms with Crippen molar-refractivity contribution in [2.45, 2.75) is 38.1 Å². The molecule has 1 saturated carbocycles. The molecule has 35 heavy (non-hydrogen) atoms. The highest BCUT2D eigenvalue weighted by Gasteiger charge is 2.30. The molecule has 9 nitrogen and oxygen atoms in total. The summed E-state index contributed by atoms with van der Waals surface area (Å²) < 4.78 is 5.49. The summed E-state index contributed by atoms with van der Waals surface area (Å²) in [4.78, 5) is 30.6. The molecule has 3 aromatic rings. The molecule has 2 fully saturated rings. The van der Waals surface area contributed by atoms with Gasteiger partial charge in [0.2, 0.25) is 0 Å². The summed E-state index contributed by atoms with van der Waals surface area (Å²) in [5, 5.41) is 2.90. The fourth-order valence-electron chi connectivity index (χ4n) is 4.80. The van der Waals surface area contributed by atoms with E-state index in [0.29, 0.717) is 17.3 Å². The van der Waals surface area contributed by atoms with Crippen LogP contribution in [0.5, 0.6) is 0 Å². The van der Waals surface area contributed by atoms with E-state index in [2.05, 4.69) is 32.3 Å². The average Bonchev–Trinajstić information content (AvgIpc) is 2.92. The van der Waals surface area contributed by atoms with E-state index in [-0.39, 0.29) is 12.1 Å². The number of hydrogen-bond acceptors (Lipinski definition) is 7. The lowest BCUT2D eigenvalue weighted by Gasteiger charge is -2.34. The van der Waals surface area contributed by atoms with Crippen molar-refractivity contribution in [3.8, 4) is 11.3 Å². The number of aromatic nitrogens is 3. The zero-order chi connectivity index (χ0) is 24.0. The van der Waals surface area contributed by atoms with Crippen LogP contribution in [0.3, 0.4) is 0 Å². The second-order valence-electron chi connectivity index (χ2n) is 8.95. The Bertz CT molecular complexity index is 1150. The molecule has 1 aliphatic carbocycles. The number of nitrogen functional groups attached to an aromatic ring is 1. The van der Waals surface area contributed by atoms with Crippen molar-refractivity contribution in [3.05, 3.63) is 55.0 Å². The number of rotatable bonds is 5. The van der Waals surface area contributed by atoms with Crippen LogP contribution in [0.4, 0.5) is 27.8 Å². The highest BCUT2D eigenvalue weighted by molar-refractivity contribution is 6.03. The lowest BCUT2D eigenvalue weighted by Crippen LogP contribution is -2.45. The van der Waals surface area contributed by atoms with E-state index in [1.165, 1.54) is 12.7 Å². The monoisotopic (exact) mass is 473 g/mol. The summed E-state index contributed by atoms with van der Waals surface area (Å²) in [5.41, 5.74) is 9.79. The molecule has 2 aliphatic rings. The number of carbonyl (C=O) groups is 1. The number of nitrogens with zero attached hydrogens (tertiary/aromatic N) is 5. The van der Waals surface area contributed by atoms with Crippen molar-refractivity contribution in [3.63, 3.8) is 0 Å². The molecule has 3 N–H and O–H groups in total. The number of hydrogen-bond donors (Lipinski definition) is 2. The van der Waals surface area contributed by atoms with Crippen LogP contribution in [-0.4, -0.2) is 53.3 Å². The number of amides is 2. The van der Waals surface area contributed by atoms with Crippen LogP contribution in [0.25, 0.3) is 11.3 Å². The molecule has 0 atom stereocenters. The van der Waals surface area contributed by atoms with Gasteiger partial charge in [0.25, 0.3) is 0 Å². The maximum Gasteiger partial charge on any atom is 0.328 e. The fourth-order valence-corrected chi connectivity index (χ4v) is 4.80. The first kappa shape index (κ1) is 23.0. The SMILES string of the molecule is Nc1ccc(-c2cccc(N3CCOCC3)c2)nc1N(C(=O)Nc1ccncn1)C1CCCCC1. The topological polar surface area (TPSA) is 110 Å². The number of nitrogens with one attached hydrogen (secondary N) is 1. The standard InChI is InChI=1S/C26H31N7O2/c27-22-9-10-23(19-5-4-8-21(17-19)32-13-15-35-16-14-32)30-25(22)33(20-6-2-1-3-7-20)26(34)31-24-11-12-28-18-29-24/h4-5,8-12,17-18,20H,1-3,6-7,13-16,27H2,(H,28,29,31,34). The van der Waals surface area contributed by atoms with Crippen LogP contribution < -0.4 is 20.9 Å². The van der Waals surface area contributed by atoms with Crippen molar-refractivity contribution in [1.82, 2.24) is 15.0 Å². The van der Waals surface area contributed by atoms with Gasteiger partial charge in [0, 0.05) is 36.6 Å². The lowest BCUT2D eigenvalue weighted by atomic mass is 9.94. The molecule has 0 bridgehead atoms. The number of pyridine rings is 1. The summed E-state index contributed by atoms with van der Waals surface area (Å²) in [5.74, 6) is 0.927. The third-order valence-corrected chi connectivity index (χ3v) is 6.63. The van der Waals surface area contributed by atoms with Gasteiger partial charge in [-0.05, 0) is 43.2 Å². The number of benzene rings is 1. The van der Waals surface area contributed by atoms with Gasteiger partial charge in [-0.15, -0.1) is 0 Å². The highest BCUT2D eigenvalue weighted by atomic mass is 16.5. The molecule has 2 amide bonds. The maximum absolute atomic E-state index is 13.5. The number of morpholine rings is 1. The zero-order valence-electron chi connectivity index (χ0n) is 19.8. The number of nitrogens with two attached hydrogens (primary N) is 1. The molecule has 182 valence electrons. The van der Waals surface area contributed by atoms with Crippen molar-refractivity contribution < 1.29 is 9.53 Å². The Balaban J connectivity index is 1.48. The minimum atomic E-state index is -0.283. The molecule has 0 spiro atoms. The Labute approximate surface area is 205 Å². The van der Waals surface area contributed by atoms with Gasteiger partial charge in [0.05, 0.1) is 24.6 Å². The van der Waals surface area contributed by atoms with Crippen molar-refractivity contribution in [1.29, 1.82) is 0 Å². The number of anilines is 4. The Morgan fingerprint density at radius 2 is 1.91 bits per heavy atom. The average molecular weight is 474 g/mol. The Morgan fingerprint density at radius 1 is 1.09 bits per heavy atom. The molecule has 1 aromatic carbocycles. The van der Waals surface area contributed by atoms with Gasteiger partial charge in [-0.3, -0.25) is 10.2 Å². The van der Waals surface area contributed by atoms with Crippen LogP contribution in [0.15, 0.2) is 55.0 Å². The second kappa shape index (κ2) is 10.7. The molecular weight excluding hydrogens is 442 g/mol. The first-order chi connectivity index (χ1) is 17.2. The van der Waals surface area contributed by atoms with Gasteiger partial charge >= 0.3 is 6.03 Å². The maximum atomic E-state index is 13.5. The summed E-state index contributed by atoms with van der Waals surface area (Å²) in [6.45, 7) is 3.18. The summed E-state index contributed by atoms with van der Waals surface area (Å²) in [7, 11) is 0. The van der Waals surface area contributed by atoms with Crippen molar-refractivity contribution in [2.24, 2.45) is 0 Å². The van der Waals surface area contributed by atoms with Gasteiger partial charge in [-0.25, -0.2) is 19.7 Å². The minimum Gasteiger partial charge on any atom is -0.396 e. The lowest BCUT2D eigenvalue weighted by molar-refractivity contribution is 0.122. The summed E-state index contributed by atoms with van der Waals surface area (Å²) in [6, 6.07) is 13.5. The molecule has 3 heterocycles. The fraction of sp³-hybridized carbons (Fsp3) is 0.385. The van der Waals surface area contributed by atoms with Gasteiger partial charge in [0.15, 0.2) is 5.82 Å². The predicted molar refractivity (Wildman–Crippen MR) is 138 cm³/mol. The summed E-state index contributed by atoms with van der Waals surface area (Å²) in [6.07, 6.45) is 8.16. The first-order valence-corrected chi connectivity index (χ1v) is 12.2. The molecule has 9 heteroatoms. The molecule has 0 radical (unpaired) electrons. The van der Waals surface area contributed by atoms with Gasteiger partial charge < -0.3 is 15.4 Å². The van der Waals surface area contributed by atoms with Crippen LogP contribution in [0, 0.1) is 0 Å². The van der Waals surface area contributed by atoms with Crippen LogP contribution >= 0.6 is 0 Å². The smallest absolute Gasteiger partial charge is 0.328 e. The van der Waals surface area contributed by atoms with Crippen LogP contribution in [0.1, 0.15) is 32.1 Å². The Kier molecular flexibility index (Phi) is 7.04. The predicted octanol–water partition coefficient (Wildman–Crippen LogP) is 4.33. The zero-order valence-corrected chi connectivity index (χ0v) is 19.8. The van der Waals surface area contributed by atoms with E-state index in [1.54, 1.807) is 17.2 Å². The molecule has 5 rings (SSSR count). The largest absolute Gasteiger partial charge is 0.396 e. The van der Waals surface area contributed by atoms with Gasteiger partial charge in [-0.2, -0.15) is 0 Å². The van der Waals surface area contributed by atoms with E-state index in [4.69, 9.17) is 15.5 Å². The number of urea groups is 1. The Hall–Kier alpha value is -3.72. The quantitative estimate of drug-likeness (QED) is 0.568. The van der Waals surface area contributed by atoms with E-state index in [1.807, 2.05) is 24.3 Å². The van der Waals surface area contributed by atoms with E-state index in [9.17, 15) is 4.79 Å². The van der Waals surface area contributed by atoms with Crippen molar-refractivity contribution in [2.75, 3.05) is 47.2 Å². The Morgan fingerprint density at radius 3 is 2.69 bits per heavy atom. The molecular formula is C26H31N7O2. The van der Waals surface area contributed by atoms with E-state index < -0.39 is 0 Å². The van der Waals surface area contributed by atoms with E-state index in [0.717, 1.165) is 68.9 Å².